The first-order valence-corrected chi connectivity index (χ1v) is 7.30. The van der Waals surface area contributed by atoms with E-state index in [4.69, 9.17) is 0 Å². The lowest BCUT2D eigenvalue weighted by atomic mass is 10.3. The van der Waals surface area contributed by atoms with Crippen LogP contribution in [0.15, 0.2) is 52.1 Å². The minimum atomic E-state index is 0.961. The molecule has 1 heterocycles. The number of thioether (sulfide) groups is 1. The number of benzene rings is 1. The fourth-order valence-electron chi connectivity index (χ4n) is 1.78. The predicted octanol–water partition coefficient (Wildman–Crippen LogP) is 4.54. The van der Waals surface area contributed by atoms with E-state index in [0.717, 1.165) is 21.1 Å². The van der Waals surface area contributed by atoms with Gasteiger partial charge in [-0.05, 0) is 50.7 Å². The van der Waals surface area contributed by atoms with E-state index in [0.29, 0.717) is 0 Å². The molecule has 102 valence electrons. The number of aromatic nitrogens is 2. The summed E-state index contributed by atoms with van der Waals surface area (Å²) in [6.45, 7) is 6.01. The molecule has 0 bridgehead atoms. The molecule has 2 aromatic rings. The van der Waals surface area contributed by atoms with Crippen molar-refractivity contribution in [2.24, 2.45) is 7.05 Å². The highest BCUT2D eigenvalue weighted by Crippen LogP contribution is 2.28. The number of aryl methyl sites for hydroxylation is 1. The summed E-state index contributed by atoms with van der Waals surface area (Å²) < 4.78 is 2.10. The third kappa shape index (κ3) is 3.34. The van der Waals surface area contributed by atoms with E-state index in [1.165, 1.54) is 5.57 Å². The molecule has 0 saturated heterocycles. The number of rotatable bonds is 3. The van der Waals surface area contributed by atoms with Crippen molar-refractivity contribution in [2.75, 3.05) is 0 Å². The van der Waals surface area contributed by atoms with E-state index in [9.17, 15) is 0 Å². The Morgan fingerprint density at radius 1 is 1.25 bits per heavy atom. The molecular weight excluding hydrogens is 264 g/mol. The molecule has 0 unspecified atom stereocenters. The zero-order valence-electron chi connectivity index (χ0n) is 12.3. The Morgan fingerprint density at radius 3 is 2.65 bits per heavy atom. The average molecular weight is 282 g/mol. The van der Waals surface area contributed by atoms with Gasteiger partial charge >= 0.3 is 0 Å². The summed E-state index contributed by atoms with van der Waals surface area (Å²) in [7, 11) is 2.04. The van der Waals surface area contributed by atoms with Crippen LogP contribution in [0.5, 0.6) is 0 Å². The Labute approximate surface area is 124 Å². The topological polar surface area (TPSA) is 17.8 Å². The first-order valence-electron chi connectivity index (χ1n) is 6.49. The maximum absolute atomic E-state index is 4.66. The van der Waals surface area contributed by atoms with E-state index in [-0.39, 0.29) is 0 Å². The molecular formula is C17H18N2S. The molecule has 1 aromatic heterocycles. The van der Waals surface area contributed by atoms with Crippen LogP contribution in [0.3, 0.4) is 0 Å². The summed E-state index contributed by atoms with van der Waals surface area (Å²) in [6, 6.07) is 8.15. The smallest absolute Gasteiger partial charge is 0.174 e. The number of nitrogens with zero attached hydrogens (tertiary/aromatic N) is 2. The molecule has 0 N–H and O–H groups in total. The van der Waals surface area contributed by atoms with Crippen LogP contribution in [-0.4, -0.2) is 9.55 Å². The van der Waals surface area contributed by atoms with E-state index < -0.39 is 0 Å². The van der Waals surface area contributed by atoms with Crippen molar-refractivity contribution in [3.8, 4) is 11.8 Å². The van der Waals surface area contributed by atoms with Gasteiger partial charge in [0.15, 0.2) is 5.16 Å². The average Bonchev–Trinajstić information content (AvgIpc) is 2.74. The van der Waals surface area contributed by atoms with Crippen molar-refractivity contribution >= 4 is 22.8 Å². The summed E-state index contributed by atoms with van der Waals surface area (Å²) in [5, 5.41) is 0.961. The first-order chi connectivity index (χ1) is 9.61. The number of hydrogen-bond donors (Lipinski definition) is 0. The number of para-hydroxylation sites is 2. The molecule has 0 amide bonds. The minimum Gasteiger partial charge on any atom is -0.322 e. The maximum atomic E-state index is 4.66. The lowest BCUT2D eigenvalue weighted by Crippen LogP contribution is -1.90. The normalized spacial score (nSPS) is 11.1. The monoisotopic (exact) mass is 282 g/mol. The summed E-state index contributed by atoms with van der Waals surface area (Å²) in [6.07, 6.45) is 4.13. The number of hydrogen-bond acceptors (Lipinski definition) is 2. The fraction of sp³-hybridized carbons (Fsp3) is 0.235. The molecule has 0 aliphatic rings. The first kappa shape index (κ1) is 14.5. The van der Waals surface area contributed by atoms with Crippen molar-refractivity contribution in [2.45, 2.75) is 25.9 Å². The highest BCUT2D eigenvalue weighted by Gasteiger charge is 2.08. The summed E-state index contributed by atoms with van der Waals surface area (Å²) >= 11 is 1.60. The van der Waals surface area contributed by atoms with Gasteiger partial charge in [0, 0.05) is 7.05 Å². The van der Waals surface area contributed by atoms with Gasteiger partial charge in [-0.25, -0.2) is 4.98 Å². The highest BCUT2D eigenvalue weighted by atomic mass is 32.2. The number of imidazole rings is 1. The predicted molar refractivity (Wildman–Crippen MR) is 87.5 cm³/mol. The molecule has 2 rings (SSSR count). The third-order valence-electron chi connectivity index (χ3n) is 2.76. The van der Waals surface area contributed by atoms with E-state index in [1.54, 1.807) is 11.8 Å². The Hall–Kier alpha value is -1.92. The Morgan fingerprint density at radius 2 is 2.00 bits per heavy atom. The van der Waals surface area contributed by atoms with Crippen LogP contribution >= 0.6 is 11.8 Å². The number of fused-ring (bicyclic) bond motifs is 1. The molecule has 0 aliphatic heterocycles. The van der Waals surface area contributed by atoms with Gasteiger partial charge in [0.05, 0.1) is 15.9 Å². The van der Waals surface area contributed by atoms with Gasteiger partial charge in [0.25, 0.3) is 0 Å². The van der Waals surface area contributed by atoms with Gasteiger partial charge < -0.3 is 4.57 Å². The molecule has 0 spiro atoms. The lowest BCUT2D eigenvalue weighted by molar-refractivity contribution is 0.817. The van der Waals surface area contributed by atoms with E-state index in [2.05, 4.69) is 53.5 Å². The minimum absolute atomic E-state index is 0.961. The molecule has 3 heteroatoms. The van der Waals surface area contributed by atoms with Crippen LogP contribution in [0.1, 0.15) is 20.8 Å². The molecule has 0 radical (unpaired) electrons. The van der Waals surface area contributed by atoms with Crippen LogP contribution in [0.25, 0.3) is 11.0 Å². The summed E-state index contributed by atoms with van der Waals surface area (Å²) in [5.41, 5.74) is 3.41. The molecule has 0 atom stereocenters. The molecule has 0 aliphatic carbocycles. The molecule has 1 aromatic carbocycles. The van der Waals surface area contributed by atoms with Gasteiger partial charge in [0.2, 0.25) is 0 Å². The van der Waals surface area contributed by atoms with Gasteiger partial charge in [-0.2, -0.15) is 0 Å². The third-order valence-corrected chi connectivity index (χ3v) is 3.77. The SMILES string of the molecule is CC#C/C(=C\C=C(C)C)Sc1nc2ccccc2n1C. The van der Waals surface area contributed by atoms with Crippen LogP contribution < -0.4 is 0 Å². The van der Waals surface area contributed by atoms with Crippen LogP contribution in [0.4, 0.5) is 0 Å². The van der Waals surface area contributed by atoms with Gasteiger partial charge in [-0.1, -0.05) is 29.7 Å². The zero-order chi connectivity index (χ0) is 14.5. The van der Waals surface area contributed by atoms with Crippen molar-refractivity contribution < 1.29 is 0 Å². The second-order valence-corrected chi connectivity index (χ2v) is 5.70. The van der Waals surface area contributed by atoms with Gasteiger partial charge in [-0.15, -0.1) is 5.92 Å². The second kappa shape index (κ2) is 6.49. The highest BCUT2D eigenvalue weighted by molar-refractivity contribution is 8.03. The zero-order valence-corrected chi connectivity index (χ0v) is 13.1. The van der Waals surface area contributed by atoms with Crippen LogP contribution in [-0.2, 0) is 7.05 Å². The van der Waals surface area contributed by atoms with E-state index >= 15 is 0 Å². The lowest BCUT2D eigenvalue weighted by Gasteiger charge is -2.01. The van der Waals surface area contributed by atoms with Crippen molar-refractivity contribution in [3.05, 3.63) is 46.9 Å². The quantitative estimate of drug-likeness (QED) is 0.467. The molecule has 20 heavy (non-hydrogen) atoms. The fourth-order valence-corrected chi connectivity index (χ4v) is 2.64. The summed E-state index contributed by atoms with van der Waals surface area (Å²) in [5.74, 6) is 6.09. The Bertz CT molecular complexity index is 735. The molecule has 0 saturated carbocycles. The summed E-state index contributed by atoms with van der Waals surface area (Å²) in [4.78, 5) is 5.66. The van der Waals surface area contributed by atoms with Gasteiger partial charge in [-0.3, -0.25) is 0 Å². The Balaban J connectivity index is 2.38. The molecule has 0 fully saturated rings. The Kier molecular flexibility index (Phi) is 4.70. The maximum Gasteiger partial charge on any atom is 0.174 e. The standard InChI is InChI=1S/C17H18N2S/c1-5-8-14(12-11-13(2)3)20-17-18-15-9-6-7-10-16(15)19(17)4/h6-7,9-12H,1-4H3/b14-12+. The van der Waals surface area contributed by atoms with Crippen LogP contribution in [0.2, 0.25) is 0 Å². The number of allylic oxidation sites excluding steroid dienone is 4. The van der Waals surface area contributed by atoms with Crippen LogP contribution in [0, 0.1) is 11.8 Å². The van der Waals surface area contributed by atoms with Crippen molar-refractivity contribution in [1.29, 1.82) is 0 Å². The largest absolute Gasteiger partial charge is 0.322 e. The van der Waals surface area contributed by atoms with Gasteiger partial charge in [0.1, 0.15) is 0 Å². The van der Waals surface area contributed by atoms with Crippen molar-refractivity contribution in [1.82, 2.24) is 9.55 Å². The molecule has 2 nitrogen and oxygen atoms in total. The van der Waals surface area contributed by atoms with E-state index in [1.807, 2.05) is 32.2 Å². The van der Waals surface area contributed by atoms with Crippen molar-refractivity contribution in [3.63, 3.8) is 0 Å². The second-order valence-electron chi connectivity index (χ2n) is 4.69.